The van der Waals surface area contributed by atoms with Gasteiger partial charge in [0, 0.05) is 12.0 Å². The summed E-state index contributed by atoms with van der Waals surface area (Å²) in [5.41, 5.74) is 0. The number of esters is 1. The fraction of sp³-hybridized carbons (Fsp3) is 0.882. The summed E-state index contributed by atoms with van der Waals surface area (Å²) < 4.78 is 4.72. The molecule has 4 heteroatoms. The first-order valence-electron chi connectivity index (χ1n) is 8.40. The van der Waals surface area contributed by atoms with E-state index >= 15 is 0 Å². The van der Waals surface area contributed by atoms with Gasteiger partial charge in [-0.05, 0) is 44.9 Å². The predicted octanol–water partition coefficient (Wildman–Crippen LogP) is 3.00. The summed E-state index contributed by atoms with van der Waals surface area (Å²) >= 11 is 0. The third-order valence-electron chi connectivity index (χ3n) is 5.32. The summed E-state index contributed by atoms with van der Waals surface area (Å²) in [5.74, 6) is 1.50. The number of hydrogen-bond acceptors (Lipinski definition) is 3. The van der Waals surface area contributed by atoms with E-state index in [1.165, 1.54) is 39.2 Å². The van der Waals surface area contributed by atoms with Gasteiger partial charge in [0.05, 0.1) is 7.11 Å². The molecule has 3 unspecified atom stereocenters. The van der Waals surface area contributed by atoms with Crippen LogP contribution in [0.25, 0.3) is 0 Å². The molecular weight excluding hydrogens is 266 g/mol. The van der Waals surface area contributed by atoms with Gasteiger partial charge in [-0.15, -0.1) is 0 Å². The summed E-state index contributed by atoms with van der Waals surface area (Å²) in [6.45, 7) is 4.01. The van der Waals surface area contributed by atoms with E-state index in [2.05, 4.69) is 0 Å². The average Bonchev–Trinajstić information content (AvgIpc) is 2.50. The van der Waals surface area contributed by atoms with Crippen molar-refractivity contribution < 1.29 is 14.3 Å². The van der Waals surface area contributed by atoms with Crippen LogP contribution < -0.4 is 0 Å². The molecule has 2 saturated carbocycles. The molecule has 4 nitrogen and oxygen atoms in total. The number of ether oxygens (including phenoxy) is 1. The first-order valence-corrected chi connectivity index (χ1v) is 8.40. The minimum atomic E-state index is -0.330. The fourth-order valence-corrected chi connectivity index (χ4v) is 4.05. The zero-order valence-corrected chi connectivity index (χ0v) is 13.6. The van der Waals surface area contributed by atoms with E-state index < -0.39 is 0 Å². The molecule has 2 rings (SSSR count). The Morgan fingerprint density at radius 2 is 1.76 bits per heavy atom. The Balaban J connectivity index is 1.98. The fourth-order valence-electron chi connectivity index (χ4n) is 4.05. The second-order valence-electron chi connectivity index (χ2n) is 6.95. The Labute approximate surface area is 128 Å². The standard InChI is InChI=1S/C17H29NO3/c1-12(2)18(11-16(19)21-3)17(20)15-9-8-13-6-4-5-7-14(13)10-15/h12-15H,4-11H2,1-3H3. The maximum atomic E-state index is 12.8. The van der Waals surface area contributed by atoms with E-state index in [1.807, 2.05) is 13.8 Å². The van der Waals surface area contributed by atoms with Crippen molar-refractivity contribution in [2.75, 3.05) is 13.7 Å². The molecule has 0 heterocycles. The van der Waals surface area contributed by atoms with Crippen molar-refractivity contribution in [3.05, 3.63) is 0 Å². The summed E-state index contributed by atoms with van der Waals surface area (Å²) in [4.78, 5) is 26.0. The summed E-state index contributed by atoms with van der Waals surface area (Å²) in [7, 11) is 1.37. The van der Waals surface area contributed by atoms with E-state index in [0.717, 1.165) is 24.7 Å². The van der Waals surface area contributed by atoms with Crippen LogP contribution >= 0.6 is 0 Å². The van der Waals surface area contributed by atoms with E-state index in [1.54, 1.807) is 4.90 Å². The van der Waals surface area contributed by atoms with Crippen molar-refractivity contribution in [2.24, 2.45) is 17.8 Å². The smallest absolute Gasteiger partial charge is 0.325 e. The van der Waals surface area contributed by atoms with Gasteiger partial charge in [-0.2, -0.15) is 0 Å². The number of carbonyl (C=O) groups excluding carboxylic acids is 2. The number of nitrogens with zero attached hydrogens (tertiary/aromatic N) is 1. The molecule has 0 saturated heterocycles. The maximum absolute atomic E-state index is 12.8. The highest BCUT2D eigenvalue weighted by Crippen LogP contribution is 2.43. The number of fused-ring (bicyclic) bond motifs is 1. The lowest BCUT2D eigenvalue weighted by molar-refractivity contribution is -0.151. The van der Waals surface area contributed by atoms with Crippen molar-refractivity contribution in [1.82, 2.24) is 4.90 Å². The number of methoxy groups -OCH3 is 1. The quantitative estimate of drug-likeness (QED) is 0.749. The topological polar surface area (TPSA) is 46.6 Å². The van der Waals surface area contributed by atoms with Crippen LogP contribution in [0.5, 0.6) is 0 Å². The van der Waals surface area contributed by atoms with Crippen LogP contribution in [0.1, 0.15) is 58.8 Å². The van der Waals surface area contributed by atoms with Gasteiger partial charge in [0.1, 0.15) is 6.54 Å². The molecule has 0 aromatic carbocycles. The average molecular weight is 295 g/mol. The van der Waals surface area contributed by atoms with Crippen LogP contribution in [0.2, 0.25) is 0 Å². The van der Waals surface area contributed by atoms with Crippen LogP contribution in [0.15, 0.2) is 0 Å². The molecule has 2 aliphatic carbocycles. The van der Waals surface area contributed by atoms with Gasteiger partial charge < -0.3 is 9.64 Å². The van der Waals surface area contributed by atoms with Gasteiger partial charge in [0.25, 0.3) is 0 Å². The molecule has 0 N–H and O–H groups in total. The second-order valence-corrected chi connectivity index (χ2v) is 6.95. The molecule has 2 aliphatic rings. The SMILES string of the molecule is COC(=O)CN(C(=O)C1CCC2CCCCC2C1)C(C)C. The van der Waals surface area contributed by atoms with Crippen molar-refractivity contribution in [3.63, 3.8) is 0 Å². The summed E-state index contributed by atoms with van der Waals surface area (Å²) in [5, 5.41) is 0. The molecule has 0 spiro atoms. The van der Waals surface area contributed by atoms with E-state index in [4.69, 9.17) is 4.74 Å². The lowest BCUT2D eigenvalue weighted by atomic mass is 9.67. The Bertz CT molecular complexity index is 380. The van der Waals surface area contributed by atoms with Crippen molar-refractivity contribution >= 4 is 11.9 Å². The van der Waals surface area contributed by atoms with Gasteiger partial charge in [-0.25, -0.2) is 0 Å². The minimum Gasteiger partial charge on any atom is -0.468 e. The third-order valence-corrected chi connectivity index (χ3v) is 5.32. The van der Waals surface area contributed by atoms with Crippen molar-refractivity contribution in [3.8, 4) is 0 Å². The molecular formula is C17H29NO3. The minimum absolute atomic E-state index is 0.0423. The third kappa shape index (κ3) is 3.98. The predicted molar refractivity (Wildman–Crippen MR) is 81.7 cm³/mol. The number of hydrogen-bond donors (Lipinski definition) is 0. The van der Waals surface area contributed by atoms with Gasteiger partial charge in [-0.1, -0.05) is 25.7 Å². The molecule has 2 fully saturated rings. The second kappa shape index (κ2) is 7.28. The Morgan fingerprint density at radius 3 is 2.38 bits per heavy atom. The monoisotopic (exact) mass is 295 g/mol. The van der Waals surface area contributed by atoms with E-state index in [-0.39, 0.29) is 30.4 Å². The molecule has 21 heavy (non-hydrogen) atoms. The van der Waals surface area contributed by atoms with Gasteiger partial charge >= 0.3 is 5.97 Å². The highest BCUT2D eigenvalue weighted by molar-refractivity contribution is 5.84. The summed E-state index contributed by atoms with van der Waals surface area (Å²) in [6.07, 6.45) is 8.51. The number of rotatable bonds is 4. The van der Waals surface area contributed by atoms with Crippen LogP contribution in [0.3, 0.4) is 0 Å². The molecule has 0 radical (unpaired) electrons. The first-order chi connectivity index (χ1) is 10.0. The first kappa shape index (κ1) is 16.3. The molecule has 3 atom stereocenters. The highest BCUT2D eigenvalue weighted by Gasteiger charge is 2.37. The molecule has 0 bridgehead atoms. The van der Waals surface area contributed by atoms with E-state index in [0.29, 0.717) is 0 Å². The lowest BCUT2D eigenvalue weighted by Crippen LogP contribution is -2.46. The summed E-state index contributed by atoms with van der Waals surface area (Å²) in [6, 6.07) is 0.0423. The highest BCUT2D eigenvalue weighted by atomic mass is 16.5. The number of amides is 1. The maximum Gasteiger partial charge on any atom is 0.325 e. The van der Waals surface area contributed by atoms with Crippen LogP contribution in [0, 0.1) is 17.8 Å². The Morgan fingerprint density at radius 1 is 1.10 bits per heavy atom. The molecule has 1 amide bonds. The molecule has 0 aromatic heterocycles. The van der Waals surface area contributed by atoms with Gasteiger partial charge in [0.2, 0.25) is 5.91 Å². The normalized spacial score (nSPS) is 28.9. The lowest BCUT2D eigenvalue weighted by Gasteiger charge is -2.40. The largest absolute Gasteiger partial charge is 0.468 e. The zero-order chi connectivity index (χ0) is 15.4. The van der Waals surface area contributed by atoms with Crippen LogP contribution in [-0.4, -0.2) is 36.5 Å². The van der Waals surface area contributed by atoms with Gasteiger partial charge in [0.15, 0.2) is 0 Å². The van der Waals surface area contributed by atoms with E-state index in [9.17, 15) is 9.59 Å². The van der Waals surface area contributed by atoms with Crippen molar-refractivity contribution in [2.45, 2.75) is 64.8 Å². The molecule has 0 aromatic rings. The zero-order valence-electron chi connectivity index (χ0n) is 13.6. The van der Waals surface area contributed by atoms with Gasteiger partial charge in [-0.3, -0.25) is 9.59 Å². The van der Waals surface area contributed by atoms with Crippen LogP contribution in [-0.2, 0) is 14.3 Å². The van der Waals surface area contributed by atoms with Crippen LogP contribution in [0.4, 0.5) is 0 Å². The number of carbonyl (C=O) groups is 2. The van der Waals surface area contributed by atoms with Crippen molar-refractivity contribution in [1.29, 1.82) is 0 Å². The molecule has 0 aliphatic heterocycles. The molecule has 120 valence electrons. The Kier molecular flexibility index (Phi) is 5.65. The Hall–Kier alpha value is -1.06.